The second-order valence-electron chi connectivity index (χ2n) is 3.76. The van der Waals surface area contributed by atoms with Crippen molar-refractivity contribution in [3.8, 4) is 0 Å². The van der Waals surface area contributed by atoms with Crippen LogP contribution < -0.4 is 5.32 Å². The SMILES string of the molecule is O=S(=O)(C1CC1)C1CCCNC1. The molecule has 12 heavy (non-hydrogen) atoms. The van der Waals surface area contributed by atoms with Crippen molar-refractivity contribution < 1.29 is 8.42 Å². The van der Waals surface area contributed by atoms with E-state index in [1.807, 2.05) is 0 Å². The lowest BCUT2D eigenvalue weighted by atomic mass is 10.2. The average Bonchev–Trinajstić information content (AvgIpc) is 2.88. The van der Waals surface area contributed by atoms with E-state index in [1.165, 1.54) is 0 Å². The Bertz CT molecular complexity index is 250. The second kappa shape index (κ2) is 3.00. The Morgan fingerprint density at radius 2 is 1.83 bits per heavy atom. The number of sulfone groups is 1. The normalized spacial score (nSPS) is 31.8. The molecule has 2 fully saturated rings. The molecule has 0 aromatic carbocycles. The molecule has 1 saturated heterocycles. The van der Waals surface area contributed by atoms with Crippen LogP contribution in [0.15, 0.2) is 0 Å². The van der Waals surface area contributed by atoms with Crippen LogP contribution >= 0.6 is 0 Å². The largest absolute Gasteiger partial charge is 0.315 e. The molecular weight excluding hydrogens is 174 g/mol. The average molecular weight is 189 g/mol. The summed E-state index contributed by atoms with van der Waals surface area (Å²) in [6.45, 7) is 1.66. The second-order valence-corrected chi connectivity index (χ2v) is 6.27. The number of rotatable bonds is 2. The molecule has 1 saturated carbocycles. The number of hydrogen-bond acceptors (Lipinski definition) is 3. The standard InChI is InChI=1S/C8H15NO2S/c10-12(11,7-3-4-7)8-2-1-5-9-6-8/h7-9H,1-6H2. The molecular formula is C8H15NO2S. The highest BCUT2D eigenvalue weighted by molar-refractivity contribution is 7.92. The van der Waals surface area contributed by atoms with Crippen molar-refractivity contribution in [2.45, 2.75) is 36.2 Å². The molecule has 2 rings (SSSR count). The van der Waals surface area contributed by atoms with Crippen LogP contribution in [0.1, 0.15) is 25.7 Å². The molecule has 0 aromatic heterocycles. The molecule has 0 bridgehead atoms. The van der Waals surface area contributed by atoms with Crippen LogP contribution in [0.3, 0.4) is 0 Å². The van der Waals surface area contributed by atoms with Crippen molar-refractivity contribution in [1.29, 1.82) is 0 Å². The van der Waals surface area contributed by atoms with Gasteiger partial charge in [0.15, 0.2) is 9.84 Å². The summed E-state index contributed by atoms with van der Waals surface area (Å²) in [5.41, 5.74) is 0. The quantitative estimate of drug-likeness (QED) is 0.680. The zero-order valence-corrected chi connectivity index (χ0v) is 7.94. The van der Waals surface area contributed by atoms with E-state index in [-0.39, 0.29) is 10.5 Å². The summed E-state index contributed by atoms with van der Waals surface area (Å²) < 4.78 is 23.4. The van der Waals surface area contributed by atoms with E-state index in [2.05, 4.69) is 5.32 Å². The predicted octanol–water partition coefficient (Wildman–Crippen LogP) is 0.316. The molecule has 1 N–H and O–H groups in total. The maximum atomic E-state index is 11.7. The van der Waals surface area contributed by atoms with Crippen LogP contribution in [0.25, 0.3) is 0 Å². The molecule has 1 unspecified atom stereocenters. The first kappa shape index (κ1) is 8.51. The summed E-state index contributed by atoms with van der Waals surface area (Å²) in [5, 5.41) is 3.08. The fourth-order valence-corrected chi connectivity index (χ4v) is 3.95. The lowest BCUT2D eigenvalue weighted by Gasteiger charge is -2.22. The van der Waals surface area contributed by atoms with Crippen molar-refractivity contribution in [1.82, 2.24) is 5.32 Å². The summed E-state index contributed by atoms with van der Waals surface area (Å²) in [6, 6.07) is 0. The van der Waals surface area contributed by atoms with Crippen molar-refractivity contribution in [3.05, 3.63) is 0 Å². The van der Waals surface area contributed by atoms with Crippen LogP contribution in [0, 0.1) is 0 Å². The number of hydrogen-bond donors (Lipinski definition) is 1. The Morgan fingerprint density at radius 1 is 1.08 bits per heavy atom. The first-order valence-electron chi connectivity index (χ1n) is 4.64. The fourth-order valence-electron chi connectivity index (χ4n) is 1.77. The van der Waals surface area contributed by atoms with Gasteiger partial charge < -0.3 is 5.32 Å². The molecule has 1 atom stereocenters. The molecule has 2 aliphatic rings. The summed E-state index contributed by atoms with van der Waals surface area (Å²) in [5.74, 6) is 0. The first-order valence-corrected chi connectivity index (χ1v) is 6.25. The van der Waals surface area contributed by atoms with Gasteiger partial charge in [0.05, 0.1) is 10.5 Å². The van der Waals surface area contributed by atoms with Gasteiger partial charge in [-0.25, -0.2) is 8.42 Å². The highest BCUT2D eigenvalue weighted by atomic mass is 32.2. The molecule has 1 aliphatic carbocycles. The molecule has 3 nitrogen and oxygen atoms in total. The van der Waals surface area contributed by atoms with Crippen LogP contribution in [-0.4, -0.2) is 32.0 Å². The van der Waals surface area contributed by atoms with E-state index >= 15 is 0 Å². The molecule has 1 aliphatic heterocycles. The third-order valence-electron chi connectivity index (χ3n) is 2.71. The minimum atomic E-state index is -2.75. The van der Waals surface area contributed by atoms with E-state index in [0.717, 1.165) is 32.2 Å². The fraction of sp³-hybridized carbons (Fsp3) is 1.00. The Morgan fingerprint density at radius 3 is 2.33 bits per heavy atom. The minimum Gasteiger partial charge on any atom is -0.315 e. The van der Waals surface area contributed by atoms with Crippen LogP contribution in [0.4, 0.5) is 0 Å². The van der Waals surface area contributed by atoms with Gasteiger partial charge in [-0.2, -0.15) is 0 Å². The monoisotopic (exact) mass is 189 g/mol. The summed E-state index contributed by atoms with van der Waals surface area (Å²) in [7, 11) is -2.75. The zero-order valence-electron chi connectivity index (χ0n) is 7.12. The van der Waals surface area contributed by atoms with Crippen molar-refractivity contribution in [2.75, 3.05) is 13.1 Å². The highest BCUT2D eigenvalue weighted by Crippen LogP contribution is 2.32. The topological polar surface area (TPSA) is 46.2 Å². The van der Waals surface area contributed by atoms with Gasteiger partial charge in [-0.05, 0) is 32.2 Å². The van der Waals surface area contributed by atoms with Gasteiger partial charge in [0.25, 0.3) is 0 Å². The van der Waals surface area contributed by atoms with E-state index in [1.54, 1.807) is 0 Å². The smallest absolute Gasteiger partial charge is 0.157 e. The van der Waals surface area contributed by atoms with Crippen LogP contribution in [-0.2, 0) is 9.84 Å². The molecule has 0 aromatic rings. The van der Waals surface area contributed by atoms with E-state index in [9.17, 15) is 8.42 Å². The molecule has 1 heterocycles. The Hall–Kier alpha value is -0.0900. The van der Waals surface area contributed by atoms with Crippen molar-refractivity contribution in [2.24, 2.45) is 0 Å². The van der Waals surface area contributed by atoms with E-state index in [0.29, 0.717) is 6.54 Å². The van der Waals surface area contributed by atoms with Gasteiger partial charge in [-0.3, -0.25) is 0 Å². The zero-order chi connectivity index (χ0) is 8.60. The number of nitrogens with one attached hydrogen (secondary N) is 1. The Labute approximate surface area is 73.5 Å². The first-order chi connectivity index (χ1) is 5.71. The third kappa shape index (κ3) is 1.50. The van der Waals surface area contributed by atoms with Gasteiger partial charge in [-0.15, -0.1) is 0 Å². The maximum absolute atomic E-state index is 11.7. The lowest BCUT2D eigenvalue weighted by molar-refractivity contribution is 0.496. The van der Waals surface area contributed by atoms with Crippen molar-refractivity contribution >= 4 is 9.84 Å². The molecule has 70 valence electrons. The molecule has 0 spiro atoms. The van der Waals surface area contributed by atoms with Crippen molar-refractivity contribution in [3.63, 3.8) is 0 Å². The highest BCUT2D eigenvalue weighted by Gasteiger charge is 2.41. The summed E-state index contributed by atoms with van der Waals surface area (Å²) in [4.78, 5) is 0. The van der Waals surface area contributed by atoms with Gasteiger partial charge in [0.1, 0.15) is 0 Å². The third-order valence-corrected chi connectivity index (χ3v) is 5.44. The summed E-state index contributed by atoms with van der Waals surface area (Å²) >= 11 is 0. The van der Waals surface area contributed by atoms with E-state index in [4.69, 9.17) is 0 Å². The van der Waals surface area contributed by atoms with Gasteiger partial charge in [-0.1, -0.05) is 0 Å². The lowest BCUT2D eigenvalue weighted by Crippen LogP contribution is -2.40. The number of piperidine rings is 1. The van der Waals surface area contributed by atoms with Gasteiger partial charge in [0.2, 0.25) is 0 Å². The minimum absolute atomic E-state index is 0.0161. The van der Waals surface area contributed by atoms with Gasteiger partial charge >= 0.3 is 0 Å². The van der Waals surface area contributed by atoms with Crippen LogP contribution in [0.5, 0.6) is 0 Å². The van der Waals surface area contributed by atoms with E-state index < -0.39 is 9.84 Å². The Kier molecular flexibility index (Phi) is 2.12. The molecule has 0 amide bonds. The predicted molar refractivity (Wildman–Crippen MR) is 47.8 cm³/mol. The van der Waals surface area contributed by atoms with Gasteiger partial charge in [0, 0.05) is 6.54 Å². The molecule has 4 heteroatoms. The van der Waals surface area contributed by atoms with Crippen LogP contribution in [0.2, 0.25) is 0 Å². The molecule has 0 radical (unpaired) electrons. The Balaban J connectivity index is 2.05. The maximum Gasteiger partial charge on any atom is 0.157 e. The summed E-state index contributed by atoms with van der Waals surface area (Å²) in [6.07, 6.45) is 3.68.